The van der Waals surface area contributed by atoms with Crippen LogP contribution in [-0.4, -0.2) is 32.9 Å². The molecule has 0 aromatic rings. The SMILES string of the molecule is CC1(O[Si](C)(C)C(C)(C)C)CCC2(CC1)OCCO2. The van der Waals surface area contributed by atoms with Gasteiger partial charge < -0.3 is 13.9 Å². The summed E-state index contributed by atoms with van der Waals surface area (Å²) in [6, 6.07) is 0. The Morgan fingerprint density at radius 3 is 1.84 bits per heavy atom. The predicted octanol–water partition coefficient (Wildman–Crippen LogP) is 4.08. The van der Waals surface area contributed by atoms with E-state index >= 15 is 0 Å². The lowest BCUT2D eigenvalue weighted by Crippen LogP contribution is -2.52. The summed E-state index contributed by atoms with van der Waals surface area (Å²) in [6.07, 6.45) is 4.02. The minimum Gasteiger partial charge on any atom is -0.412 e. The van der Waals surface area contributed by atoms with Crippen LogP contribution in [0.15, 0.2) is 0 Å². The highest BCUT2D eigenvalue weighted by atomic mass is 28.4. The Morgan fingerprint density at radius 2 is 1.42 bits per heavy atom. The molecule has 0 atom stereocenters. The first-order valence-corrected chi connectivity index (χ1v) is 10.5. The summed E-state index contributed by atoms with van der Waals surface area (Å²) in [7, 11) is -1.70. The number of hydrogen-bond acceptors (Lipinski definition) is 3. The van der Waals surface area contributed by atoms with Gasteiger partial charge in [0, 0.05) is 12.8 Å². The standard InChI is InChI=1S/C15H30O3Si/c1-13(2,3)19(5,6)18-14(4)7-9-15(10-8-14)16-11-12-17-15/h7-12H2,1-6H3. The molecule has 0 amide bonds. The van der Waals surface area contributed by atoms with E-state index in [2.05, 4.69) is 40.8 Å². The molecule has 1 saturated heterocycles. The molecule has 112 valence electrons. The van der Waals surface area contributed by atoms with Crippen LogP contribution in [-0.2, 0) is 13.9 Å². The lowest BCUT2D eigenvalue weighted by molar-refractivity contribution is -0.197. The molecule has 1 spiro atoms. The van der Waals surface area contributed by atoms with E-state index in [4.69, 9.17) is 13.9 Å². The monoisotopic (exact) mass is 286 g/mol. The smallest absolute Gasteiger partial charge is 0.192 e. The van der Waals surface area contributed by atoms with Crippen molar-refractivity contribution in [2.45, 2.75) is 82.9 Å². The molecule has 1 aliphatic carbocycles. The van der Waals surface area contributed by atoms with Gasteiger partial charge in [-0.1, -0.05) is 20.8 Å². The molecule has 1 heterocycles. The van der Waals surface area contributed by atoms with Gasteiger partial charge in [0.25, 0.3) is 0 Å². The van der Waals surface area contributed by atoms with Crippen LogP contribution in [0.4, 0.5) is 0 Å². The van der Waals surface area contributed by atoms with Crippen molar-refractivity contribution in [2.75, 3.05) is 13.2 Å². The molecule has 2 fully saturated rings. The van der Waals surface area contributed by atoms with Gasteiger partial charge in [-0.25, -0.2) is 0 Å². The van der Waals surface area contributed by atoms with Crippen LogP contribution in [0.3, 0.4) is 0 Å². The van der Waals surface area contributed by atoms with Gasteiger partial charge in [0.15, 0.2) is 14.1 Å². The van der Waals surface area contributed by atoms with Crippen molar-refractivity contribution in [1.29, 1.82) is 0 Å². The second-order valence-corrected chi connectivity index (χ2v) is 12.6. The molecule has 1 saturated carbocycles. The van der Waals surface area contributed by atoms with Crippen molar-refractivity contribution < 1.29 is 13.9 Å². The Labute approximate surface area is 119 Å². The Morgan fingerprint density at radius 1 is 0.947 bits per heavy atom. The minimum absolute atomic E-state index is 0.00353. The van der Waals surface area contributed by atoms with E-state index in [1.807, 2.05) is 0 Å². The zero-order chi connectivity index (χ0) is 14.4. The van der Waals surface area contributed by atoms with E-state index in [0.29, 0.717) is 0 Å². The van der Waals surface area contributed by atoms with Crippen LogP contribution in [0.25, 0.3) is 0 Å². The molecule has 4 heteroatoms. The molecule has 2 aliphatic rings. The predicted molar refractivity (Wildman–Crippen MR) is 79.8 cm³/mol. The third-order valence-electron chi connectivity index (χ3n) is 5.19. The quantitative estimate of drug-likeness (QED) is 0.716. The third-order valence-corrected chi connectivity index (χ3v) is 9.81. The molecule has 2 rings (SSSR count). The third kappa shape index (κ3) is 3.23. The molecule has 0 bridgehead atoms. The van der Waals surface area contributed by atoms with E-state index in [9.17, 15) is 0 Å². The van der Waals surface area contributed by atoms with Crippen molar-refractivity contribution in [1.82, 2.24) is 0 Å². The number of rotatable bonds is 2. The fraction of sp³-hybridized carbons (Fsp3) is 1.00. The van der Waals surface area contributed by atoms with Crippen molar-refractivity contribution in [2.24, 2.45) is 0 Å². The van der Waals surface area contributed by atoms with Crippen molar-refractivity contribution in [3.63, 3.8) is 0 Å². The number of ether oxygens (including phenoxy) is 2. The molecule has 0 unspecified atom stereocenters. The van der Waals surface area contributed by atoms with Crippen LogP contribution in [0.5, 0.6) is 0 Å². The lowest BCUT2D eigenvalue weighted by atomic mass is 9.83. The second-order valence-electron chi connectivity index (χ2n) is 7.92. The summed E-state index contributed by atoms with van der Waals surface area (Å²) >= 11 is 0. The van der Waals surface area contributed by atoms with E-state index < -0.39 is 8.32 Å². The molecule has 0 aromatic carbocycles. The maximum absolute atomic E-state index is 6.66. The van der Waals surface area contributed by atoms with Gasteiger partial charge in [-0.05, 0) is 37.9 Å². The summed E-state index contributed by atoms with van der Waals surface area (Å²) < 4.78 is 18.3. The van der Waals surface area contributed by atoms with Crippen LogP contribution in [0.1, 0.15) is 53.4 Å². The van der Waals surface area contributed by atoms with Gasteiger partial charge in [0.2, 0.25) is 0 Å². The Kier molecular flexibility index (Phi) is 3.94. The maximum atomic E-state index is 6.66. The fourth-order valence-electron chi connectivity index (χ4n) is 2.82. The molecule has 0 N–H and O–H groups in total. The van der Waals surface area contributed by atoms with Crippen LogP contribution < -0.4 is 0 Å². The Hall–Kier alpha value is 0.0969. The first kappa shape index (κ1) is 15.5. The Bertz CT molecular complexity index is 317. The van der Waals surface area contributed by atoms with Gasteiger partial charge in [0.05, 0.1) is 18.8 Å². The normalized spacial score (nSPS) is 26.8. The largest absolute Gasteiger partial charge is 0.412 e. The summed E-state index contributed by atoms with van der Waals surface area (Å²) in [5.74, 6) is -0.281. The average Bonchev–Trinajstić information content (AvgIpc) is 2.70. The molecular weight excluding hydrogens is 256 g/mol. The first-order chi connectivity index (χ1) is 8.58. The van der Waals surface area contributed by atoms with Gasteiger partial charge in [-0.3, -0.25) is 0 Å². The molecule has 0 radical (unpaired) electrons. The Balaban J connectivity index is 1.98. The fourth-order valence-corrected chi connectivity index (χ4v) is 4.56. The summed E-state index contributed by atoms with van der Waals surface area (Å²) in [5.41, 5.74) is 0.00353. The summed E-state index contributed by atoms with van der Waals surface area (Å²) in [5, 5.41) is 0.269. The van der Waals surface area contributed by atoms with Gasteiger partial charge in [-0.2, -0.15) is 0 Å². The van der Waals surface area contributed by atoms with E-state index in [0.717, 1.165) is 38.9 Å². The zero-order valence-electron chi connectivity index (χ0n) is 13.5. The van der Waals surface area contributed by atoms with Crippen molar-refractivity contribution >= 4 is 8.32 Å². The highest BCUT2D eigenvalue weighted by Gasteiger charge is 2.48. The average molecular weight is 286 g/mol. The van der Waals surface area contributed by atoms with Crippen LogP contribution >= 0.6 is 0 Å². The zero-order valence-corrected chi connectivity index (χ0v) is 14.5. The molecule has 3 nitrogen and oxygen atoms in total. The maximum Gasteiger partial charge on any atom is 0.192 e. The van der Waals surface area contributed by atoms with E-state index in [1.165, 1.54) is 0 Å². The van der Waals surface area contributed by atoms with Gasteiger partial charge in [-0.15, -0.1) is 0 Å². The topological polar surface area (TPSA) is 27.7 Å². The number of hydrogen-bond donors (Lipinski definition) is 0. The van der Waals surface area contributed by atoms with Crippen molar-refractivity contribution in [3.05, 3.63) is 0 Å². The highest BCUT2D eigenvalue weighted by Crippen LogP contribution is 2.46. The molecule has 19 heavy (non-hydrogen) atoms. The highest BCUT2D eigenvalue weighted by molar-refractivity contribution is 6.74. The first-order valence-electron chi connectivity index (χ1n) is 7.56. The van der Waals surface area contributed by atoms with Gasteiger partial charge in [0.1, 0.15) is 0 Å². The second kappa shape index (κ2) is 4.83. The molecule has 1 aliphatic heterocycles. The van der Waals surface area contributed by atoms with Gasteiger partial charge >= 0.3 is 0 Å². The molecular formula is C15H30O3Si. The molecule has 0 aromatic heterocycles. The van der Waals surface area contributed by atoms with E-state index in [1.54, 1.807) is 0 Å². The van der Waals surface area contributed by atoms with Crippen molar-refractivity contribution in [3.8, 4) is 0 Å². The lowest BCUT2D eigenvalue weighted by Gasteiger charge is -2.48. The van der Waals surface area contributed by atoms with E-state index in [-0.39, 0.29) is 16.4 Å². The summed E-state index contributed by atoms with van der Waals surface area (Å²) in [6.45, 7) is 15.4. The van der Waals surface area contributed by atoms with Crippen LogP contribution in [0.2, 0.25) is 18.1 Å². The summed E-state index contributed by atoms with van der Waals surface area (Å²) in [4.78, 5) is 0. The minimum atomic E-state index is -1.70. The van der Waals surface area contributed by atoms with Crippen LogP contribution in [0, 0.1) is 0 Å².